The first-order chi connectivity index (χ1) is 18.8. The van der Waals surface area contributed by atoms with Gasteiger partial charge in [-0.1, -0.05) is 60.6 Å². The van der Waals surface area contributed by atoms with Gasteiger partial charge in [0.25, 0.3) is 11.8 Å². The second kappa shape index (κ2) is 9.53. The minimum atomic E-state index is -4.54. The Morgan fingerprint density at radius 3 is 2.54 bits per heavy atom. The third-order valence-electron chi connectivity index (χ3n) is 6.48. The number of hydrogen-bond donors (Lipinski definition) is 2. The van der Waals surface area contributed by atoms with Gasteiger partial charge in [-0.25, -0.2) is 9.98 Å². The van der Waals surface area contributed by atoms with Gasteiger partial charge in [-0.15, -0.1) is 5.10 Å². The number of benzene rings is 2. The Morgan fingerprint density at radius 1 is 1.05 bits per heavy atom. The van der Waals surface area contributed by atoms with Gasteiger partial charge >= 0.3 is 12.2 Å². The highest BCUT2D eigenvalue weighted by atomic mass is 19.4. The van der Waals surface area contributed by atoms with Crippen LogP contribution in [0.25, 0.3) is 11.6 Å². The molecular weight excluding hydrogens is 511 g/mol. The van der Waals surface area contributed by atoms with Crippen LogP contribution in [0.5, 0.6) is 0 Å². The van der Waals surface area contributed by atoms with Gasteiger partial charge in [0.2, 0.25) is 6.17 Å². The lowest BCUT2D eigenvalue weighted by Crippen LogP contribution is -2.45. The maximum Gasteiger partial charge on any atom is 0.417 e. The Balaban J connectivity index is 1.33. The van der Waals surface area contributed by atoms with E-state index in [-0.39, 0.29) is 23.3 Å². The van der Waals surface area contributed by atoms with Crippen LogP contribution in [0.2, 0.25) is 0 Å². The molecule has 0 spiro atoms. The van der Waals surface area contributed by atoms with Crippen LogP contribution in [0.4, 0.5) is 30.6 Å². The number of rotatable bonds is 5. The van der Waals surface area contributed by atoms with Crippen LogP contribution in [0, 0.1) is 5.92 Å². The standard InChI is InChI=1S/C27H22F3N7O2/c1-15-13-37(14-15)20-11-17(27(28,29)30)12-31-22(20)25-35-36-26(39-25)34-23-24(38)32-19-10-6-5-9-18(19)21(33-23)16-7-3-2-4-8-16/h2-12,15,23H,13-14H2,1H3,(H,32,38)(H,34,36)/t23-/m1/s1. The Bertz CT molecular complexity index is 1560. The number of halogens is 3. The molecule has 1 amide bonds. The minimum Gasteiger partial charge on any atom is -0.402 e. The molecule has 2 N–H and O–H groups in total. The highest BCUT2D eigenvalue weighted by Gasteiger charge is 2.35. The number of para-hydroxylation sites is 1. The van der Waals surface area contributed by atoms with Gasteiger partial charge in [0.15, 0.2) is 5.69 Å². The molecule has 4 heterocycles. The average Bonchev–Trinajstić information content (AvgIpc) is 3.32. The second-order valence-electron chi connectivity index (χ2n) is 9.44. The Kier molecular flexibility index (Phi) is 6.01. The number of aromatic nitrogens is 3. The molecule has 12 heteroatoms. The summed E-state index contributed by atoms with van der Waals surface area (Å²) in [5.41, 5.74) is 2.25. The lowest BCUT2D eigenvalue weighted by molar-refractivity contribution is -0.137. The van der Waals surface area contributed by atoms with Crippen LogP contribution < -0.4 is 15.5 Å². The summed E-state index contributed by atoms with van der Waals surface area (Å²) in [5, 5.41) is 13.7. The molecule has 0 aliphatic carbocycles. The molecule has 2 aromatic carbocycles. The van der Waals surface area contributed by atoms with Crippen LogP contribution in [-0.4, -0.2) is 46.1 Å². The molecule has 39 heavy (non-hydrogen) atoms. The predicted octanol–water partition coefficient (Wildman–Crippen LogP) is 4.83. The topological polar surface area (TPSA) is 109 Å². The molecular formula is C27H22F3N7O2. The molecule has 4 aromatic rings. The Morgan fingerprint density at radius 2 is 1.79 bits per heavy atom. The van der Waals surface area contributed by atoms with Crippen molar-refractivity contribution in [2.45, 2.75) is 19.3 Å². The number of nitrogens with one attached hydrogen (secondary N) is 2. The lowest BCUT2D eigenvalue weighted by Gasteiger charge is -2.39. The van der Waals surface area contributed by atoms with E-state index < -0.39 is 23.8 Å². The fraction of sp³-hybridized carbons (Fsp3) is 0.222. The van der Waals surface area contributed by atoms with E-state index in [2.05, 4.69) is 30.8 Å². The molecule has 0 radical (unpaired) electrons. The van der Waals surface area contributed by atoms with E-state index >= 15 is 0 Å². The molecule has 2 aliphatic heterocycles. The fourth-order valence-electron chi connectivity index (χ4n) is 4.58. The van der Waals surface area contributed by atoms with Gasteiger partial charge in [-0.3, -0.25) is 4.79 Å². The van der Waals surface area contributed by atoms with Crippen molar-refractivity contribution >= 4 is 29.0 Å². The lowest BCUT2D eigenvalue weighted by atomic mass is 10.0. The number of carbonyl (C=O) groups excluding carboxylic acids is 1. The number of benzodiazepines with no additional fused rings is 1. The smallest absolute Gasteiger partial charge is 0.402 e. The van der Waals surface area contributed by atoms with Crippen molar-refractivity contribution < 1.29 is 22.4 Å². The van der Waals surface area contributed by atoms with Gasteiger partial charge in [-0.05, 0) is 18.1 Å². The van der Waals surface area contributed by atoms with E-state index in [1.807, 2.05) is 55.5 Å². The maximum atomic E-state index is 13.4. The van der Waals surface area contributed by atoms with E-state index in [0.29, 0.717) is 30.4 Å². The molecule has 0 unspecified atom stereocenters. The zero-order chi connectivity index (χ0) is 27.1. The Labute approximate surface area is 220 Å². The quantitative estimate of drug-likeness (QED) is 0.378. The monoisotopic (exact) mass is 533 g/mol. The molecule has 198 valence electrons. The molecule has 1 fully saturated rings. The van der Waals surface area contributed by atoms with Crippen molar-refractivity contribution in [3.05, 3.63) is 83.6 Å². The van der Waals surface area contributed by atoms with E-state index in [0.717, 1.165) is 23.4 Å². The summed E-state index contributed by atoms with van der Waals surface area (Å²) in [6.45, 7) is 3.16. The summed E-state index contributed by atoms with van der Waals surface area (Å²) in [7, 11) is 0. The van der Waals surface area contributed by atoms with E-state index in [1.165, 1.54) is 0 Å². The normalized spacial score (nSPS) is 17.5. The largest absolute Gasteiger partial charge is 0.417 e. The zero-order valence-corrected chi connectivity index (χ0v) is 20.6. The first kappa shape index (κ1) is 24.6. The summed E-state index contributed by atoms with van der Waals surface area (Å²) < 4.78 is 45.9. The average molecular weight is 534 g/mol. The number of pyridine rings is 1. The SMILES string of the molecule is CC1CN(c2cc(C(F)(F)F)cnc2-c2nnc(N[C@H]3N=C(c4ccccc4)c4ccccc4NC3=O)o2)C1. The van der Waals surface area contributed by atoms with Crippen molar-refractivity contribution in [3.8, 4) is 11.6 Å². The molecule has 1 atom stereocenters. The van der Waals surface area contributed by atoms with Gasteiger partial charge in [0.1, 0.15) is 0 Å². The van der Waals surface area contributed by atoms with Crippen LogP contribution in [0.1, 0.15) is 23.6 Å². The van der Waals surface area contributed by atoms with Crippen LogP contribution >= 0.6 is 0 Å². The zero-order valence-electron chi connectivity index (χ0n) is 20.6. The molecule has 1 saturated heterocycles. The van der Waals surface area contributed by atoms with Crippen molar-refractivity contribution in [1.29, 1.82) is 0 Å². The first-order valence-electron chi connectivity index (χ1n) is 12.2. The molecule has 6 rings (SSSR count). The predicted molar refractivity (Wildman–Crippen MR) is 138 cm³/mol. The maximum absolute atomic E-state index is 13.4. The van der Waals surface area contributed by atoms with Gasteiger partial charge in [0, 0.05) is 30.4 Å². The number of fused-ring (bicyclic) bond motifs is 1. The van der Waals surface area contributed by atoms with Crippen LogP contribution in [0.15, 0.2) is 76.3 Å². The van der Waals surface area contributed by atoms with Gasteiger partial charge < -0.3 is 20.0 Å². The van der Waals surface area contributed by atoms with Crippen LogP contribution in [-0.2, 0) is 11.0 Å². The molecule has 0 bridgehead atoms. The first-order valence-corrected chi connectivity index (χ1v) is 12.2. The number of anilines is 3. The van der Waals surface area contributed by atoms with Crippen molar-refractivity contribution in [2.75, 3.05) is 28.6 Å². The molecule has 9 nitrogen and oxygen atoms in total. The third kappa shape index (κ3) is 4.80. The highest BCUT2D eigenvalue weighted by molar-refractivity contribution is 6.19. The number of aliphatic imine (C=N–C) groups is 1. The van der Waals surface area contributed by atoms with Gasteiger partial charge in [0.05, 0.1) is 22.6 Å². The highest BCUT2D eigenvalue weighted by Crippen LogP contribution is 2.38. The van der Waals surface area contributed by atoms with E-state index in [4.69, 9.17) is 4.42 Å². The summed E-state index contributed by atoms with van der Waals surface area (Å²) >= 11 is 0. The molecule has 2 aromatic heterocycles. The Hall–Kier alpha value is -4.74. The summed E-state index contributed by atoms with van der Waals surface area (Å²) in [5.74, 6) is -0.191. The molecule has 0 saturated carbocycles. The van der Waals surface area contributed by atoms with E-state index in [9.17, 15) is 18.0 Å². The number of nitrogens with zero attached hydrogens (tertiary/aromatic N) is 5. The second-order valence-corrected chi connectivity index (χ2v) is 9.44. The summed E-state index contributed by atoms with van der Waals surface area (Å²) in [6, 6.07) is 17.6. The van der Waals surface area contributed by atoms with Crippen molar-refractivity contribution in [1.82, 2.24) is 15.2 Å². The number of carbonyl (C=O) groups is 1. The van der Waals surface area contributed by atoms with Crippen LogP contribution in [0.3, 0.4) is 0 Å². The van der Waals surface area contributed by atoms with Crippen molar-refractivity contribution in [3.63, 3.8) is 0 Å². The number of hydrogen-bond acceptors (Lipinski definition) is 8. The molecule has 2 aliphatic rings. The van der Waals surface area contributed by atoms with Crippen molar-refractivity contribution in [2.24, 2.45) is 10.9 Å². The number of alkyl halides is 3. The van der Waals surface area contributed by atoms with Gasteiger partial charge in [-0.2, -0.15) is 13.2 Å². The minimum absolute atomic E-state index is 0.0784. The summed E-state index contributed by atoms with van der Waals surface area (Å²) in [4.78, 5) is 23.6. The fourth-order valence-corrected chi connectivity index (χ4v) is 4.58. The number of amides is 1. The summed E-state index contributed by atoms with van der Waals surface area (Å²) in [6.07, 6.45) is -4.93. The third-order valence-corrected chi connectivity index (χ3v) is 6.48. The van der Waals surface area contributed by atoms with E-state index in [1.54, 1.807) is 11.0 Å².